The second-order valence-electron chi connectivity index (χ2n) is 6.75. The van der Waals surface area contributed by atoms with Crippen molar-refractivity contribution in [2.45, 2.75) is 30.5 Å². The molecule has 0 radical (unpaired) electrons. The summed E-state index contributed by atoms with van der Waals surface area (Å²) in [6, 6.07) is 3.82. The zero-order valence-electron chi connectivity index (χ0n) is 14.7. The van der Waals surface area contributed by atoms with Crippen molar-refractivity contribution in [1.82, 2.24) is 9.55 Å². The second kappa shape index (κ2) is 8.11. The Morgan fingerprint density at radius 2 is 2.03 bits per heavy atom. The highest BCUT2D eigenvalue weighted by Gasteiger charge is 2.45. The molecule has 1 aliphatic rings. The molecule has 0 spiro atoms. The van der Waals surface area contributed by atoms with Gasteiger partial charge in [0.25, 0.3) is 11.4 Å². The first-order chi connectivity index (χ1) is 13.5. The van der Waals surface area contributed by atoms with Gasteiger partial charge >= 0.3 is 13.6 Å². The number of ether oxygens (including phenoxy) is 1. The Kier molecular flexibility index (Phi) is 6.11. The number of fused-ring (bicyclic) bond motifs is 1. The van der Waals surface area contributed by atoms with Crippen molar-refractivity contribution in [3.63, 3.8) is 0 Å². The number of hydrogen-bond donors (Lipinski definition) is 5. The van der Waals surface area contributed by atoms with Gasteiger partial charge in [-0.2, -0.15) is 0 Å². The van der Waals surface area contributed by atoms with Crippen LogP contribution in [0.1, 0.15) is 12.5 Å². The number of nitrogens with zero attached hydrogens (tertiary/aromatic N) is 2. The van der Waals surface area contributed by atoms with Crippen LogP contribution in [0.5, 0.6) is 0 Å². The summed E-state index contributed by atoms with van der Waals surface area (Å²) in [6.45, 7) is -0.548. The van der Waals surface area contributed by atoms with Gasteiger partial charge in [0.05, 0.1) is 41.0 Å². The Hall–Kier alpha value is -1.85. The van der Waals surface area contributed by atoms with Crippen LogP contribution in [-0.4, -0.2) is 65.3 Å². The highest BCUT2D eigenvalue weighted by atomic mass is 35.5. The lowest BCUT2D eigenvalue weighted by atomic mass is 10.1. The fourth-order valence-electron chi connectivity index (χ4n) is 3.44. The molecule has 158 valence electrons. The lowest BCUT2D eigenvalue weighted by molar-refractivity contribution is -0.147. The third-order valence-electron chi connectivity index (χ3n) is 4.87. The van der Waals surface area contributed by atoms with Crippen molar-refractivity contribution < 1.29 is 39.2 Å². The van der Waals surface area contributed by atoms with Gasteiger partial charge < -0.3 is 29.8 Å². The van der Waals surface area contributed by atoms with Gasteiger partial charge in [-0.05, 0) is 18.6 Å². The number of carbonyl (C=O) groups is 1. The van der Waals surface area contributed by atoms with Crippen LogP contribution in [0, 0.1) is 5.92 Å². The van der Waals surface area contributed by atoms with Gasteiger partial charge in [-0.1, -0.05) is 17.7 Å². The zero-order chi connectivity index (χ0) is 21.5. The molecule has 0 saturated heterocycles. The molecule has 1 aliphatic carbocycles. The normalized spacial score (nSPS) is 26.0. The van der Waals surface area contributed by atoms with E-state index in [9.17, 15) is 24.4 Å². The first-order valence-corrected chi connectivity index (χ1v) is 10.5. The number of hydrogen-bond acceptors (Lipinski definition) is 7. The number of halogens is 1. The van der Waals surface area contributed by atoms with E-state index in [0.29, 0.717) is 5.52 Å². The van der Waals surface area contributed by atoms with Crippen molar-refractivity contribution >= 4 is 36.1 Å². The van der Waals surface area contributed by atoms with Crippen molar-refractivity contribution in [3.05, 3.63) is 39.9 Å². The monoisotopic (exact) mass is 448 g/mol. The number of aliphatic hydroxyl groups is 2. The lowest BCUT2D eigenvalue weighted by Crippen LogP contribution is -2.35. The van der Waals surface area contributed by atoms with Gasteiger partial charge in [0.15, 0.2) is 0 Å². The molecule has 0 aliphatic heterocycles. The average Bonchev–Trinajstić information content (AvgIpc) is 2.89. The molecule has 13 heteroatoms. The standard InChI is InChI=1S/C16H18ClN2O9P/c17-8-2-1-3-9-11(8)14(22)19(6-18-9)10-4-7(12(20)13(10)21)5-28-16(15(23)24)29(25,26)27/h1-3,6-7,10,12-13,16,20-21H,4-5H2,(H,23,24)(H2,25,26,27)/t7-,10-,12-,13+,16?/m1/s1. The van der Waals surface area contributed by atoms with E-state index in [4.69, 9.17) is 31.2 Å². The molecule has 1 unspecified atom stereocenters. The Balaban J connectivity index is 1.85. The largest absolute Gasteiger partial charge is 0.479 e. The summed E-state index contributed by atoms with van der Waals surface area (Å²) < 4.78 is 17.2. The number of benzene rings is 1. The summed E-state index contributed by atoms with van der Waals surface area (Å²) >= 11 is 6.08. The van der Waals surface area contributed by atoms with E-state index in [1.54, 1.807) is 12.1 Å². The molecular formula is C16H18ClN2O9P. The van der Waals surface area contributed by atoms with E-state index in [2.05, 4.69) is 4.98 Å². The minimum absolute atomic E-state index is 0.0205. The van der Waals surface area contributed by atoms with E-state index in [-0.39, 0.29) is 16.8 Å². The number of carboxylic acids is 1. The van der Waals surface area contributed by atoms with Gasteiger partial charge in [-0.3, -0.25) is 13.9 Å². The maximum atomic E-state index is 12.8. The summed E-state index contributed by atoms with van der Waals surface area (Å²) in [5.41, 5.74) is -0.172. The van der Waals surface area contributed by atoms with Crippen LogP contribution in [0.3, 0.4) is 0 Å². The molecular weight excluding hydrogens is 431 g/mol. The third-order valence-corrected chi connectivity index (χ3v) is 6.17. The Bertz CT molecular complexity index is 1040. The van der Waals surface area contributed by atoms with Crippen LogP contribution in [0.25, 0.3) is 10.9 Å². The Labute approximate surface area is 168 Å². The topological polar surface area (TPSA) is 179 Å². The molecule has 5 atom stereocenters. The first-order valence-electron chi connectivity index (χ1n) is 8.43. The van der Waals surface area contributed by atoms with Crippen LogP contribution in [0.15, 0.2) is 29.3 Å². The van der Waals surface area contributed by atoms with Crippen LogP contribution >= 0.6 is 19.2 Å². The van der Waals surface area contributed by atoms with E-state index in [1.807, 2.05) is 0 Å². The lowest BCUT2D eigenvalue weighted by Gasteiger charge is -2.20. The molecule has 5 N–H and O–H groups in total. The summed E-state index contributed by atoms with van der Waals surface area (Å²) in [7, 11) is -5.08. The number of aliphatic carboxylic acids is 1. The van der Waals surface area contributed by atoms with Crippen LogP contribution in [0.2, 0.25) is 5.02 Å². The second-order valence-corrected chi connectivity index (χ2v) is 8.80. The SMILES string of the molecule is O=C(O)C(OC[C@H]1C[C@@H](n2cnc3cccc(Cl)c3c2=O)[C@H](O)[C@@H]1O)P(=O)(O)O. The molecule has 3 rings (SSSR count). The van der Waals surface area contributed by atoms with Gasteiger partial charge in [-0.15, -0.1) is 0 Å². The molecule has 0 amide bonds. The van der Waals surface area contributed by atoms with Crippen LogP contribution in [0.4, 0.5) is 0 Å². The highest BCUT2D eigenvalue weighted by molar-refractivity contribution is 7.53. The fraction of sp³-hybridized carbons (Fsp3) is 0.438. The highest BCUT2D eigenvalue weighted by Crippen LogP contribution is 2.43. The predicted octanol–water partition coefficient (Wildman–Crippen LogP) is -0.0623. The van der Waals surface area contributed by atoms with Crippen LogP contribution < -0.4 is 5.56 Å². The van der Waals surface area contributed by atoms with E-state index in [0.717, 1.165) is 4.57 Å². The number of rotatable bonds is 6. The molecule has 11 nitrogen and oxygen atoms in total. The zero-order valence-corrected chi connectivity index (χ0v) is 16.3. The minimum Gasteiger partial charge on any atom is -0.479 e. The van der Waals surface area contributed by atoms with Gasteiger partial charge in [0, 0.05) is 5.92 Å². The smallest absolute Gasteiger partial charge is 0.365 e. The van der Waals surface area contributed by atoms with Crippen molar-refractivity contribution in [1.29, 1.82) is 0 Å². The first kappa shape index (κ1) is 21.8. The number of aromatic nitrogens is 2. The average molecular weight is 449 g/mol. The summed E-state index contributed by atoms with van der Waals surface area (Å²) in [6.07, 6.45) is -1.64. The number of carboxylic acid groups (broad SMARTS) is 1. The molecule has 0 bridgehead atoms. The van der Waals surface area contributed by atoms with E-state index >= 15 is 0 Å². The van der Waals surface area contributed by atoms with Crippen molar-refractivity contribution in [2.75, 3.05) is 6.61 Å². The minimum atomic E-state index is -5.08. The Morgan fingerprint density at radius 1 is 1.34 bits per heavy atom. The third kappa shape index (κ3) is 4.22. The maximum Gasteiger partial charge on any atom is 0.365 e. The van der Waals surface area contributed by atoms with Crippen LogP contribution in [-0.2, 0) is 14.1 Å². The molecule has 29 heavy (non-hydrogen) atoms. The van der Waals surface area contributed by atoms with Crippen molar-refractivity contribution in [3.8, 4) is 0 Å². The molecule has 1 saturated carbocycles. The van der Waals surface area contributed by atoms with E-state index < -0.39 is 55.7 Å². The number of aliphatic hydroxyl groups excluding tert-OH is 2. The van der Waals surface area contributed by atoms with Gasteiger partial charge in [-0.25, -0.2) is 9.78 Å². The molecule has 1 aromatic heterocycles. The molecule has 1 aromatic carbocycles. The molecule has 1 fully saturated rings. The summed E-state index contributed by atoms with van der Waals surface area (Å²) in [5.74, 6) is -5.13. The predicted molar refractivity (Wildman–Crippen MR) is 99.6 cm³/mol. The van der Waals surface area contributed by atoms with E-state index in [1.165, 1.54) is 12.4 Å². The summed E-state index contributed by atoms with van der Waals surface area (Å²) in [4.78, 5) is 46.1. The molecule has 1 heterocycles. The van der Waals surface area contributed by atoms with Crippen molar-refractivity contribution in [2.24, 2.45) is 5.92 Å². The summed E-state index contributed by atoms with van der Waals surface area (Å²) in [5, 5.41) is 29.9. The van der Waals surface area contributed by atoms with Gasteiger partial charge in [0.2, 0.25) is 0 Å². The maximum absolute atomic E-state index is 12.8. The molecule has 2 aromatic rings. The Morgan fingerprint density at radius 3 is 2.66 bits per heavy atom. The van der Waals surface area contributed by atoms with Gasteiger partial charge in [0.1, 0.15) is 6.10 Å². The fourth-order valence-corrected chi connectivity index (χ4v) is 4.26. The quantitative estimate of drug-likeness (QED) is 0.375.